The van der Waals surface area contributed by atoms with E-state index < -0.39 is 0 Å². The number of nitrogens with zero attached hydrogens (tertiary/aromatic N) is 1. The summed E-state index contributed by atoms with van der Waals surface area (Å²) in [6.07, 6.45) is 0. The van der Waals surface area contributed by atoms with Crippen LogP contribution in [-0.2, 0) is 0 Å². The zero-order chi connectivity index (χ0) is 38.0. The monoisotopic (exact) mass is 725 g/mol. The molecule has 0 saturated carbocycles. The first-order valence-corrected chi connectivity index (χ1v) is 19.6. The van der Waals surface area contributed by atoms with Crippen LogP contribution < -0.4 is 4.90 Å². The van der Waals surface area contributed by atoms with E-state index >= 15 is 0 Å². The Balaban J connectivity index is 1.13. The van der Waals surface area contributed by atoms with Crippen molar-refractivity contribution in [1.82, 2.24) is 0 Å². The molecule has 0 spiro atoms. The van der Waals surface area contributed by atoms with Gasteiger partial charge in [-0.1, -0.05) is 176 Å². The number of hydrogen-bond acceptors (Lipinski definition) is 1. The van der Waals surface area contributed by atoms with Gasteiger partial charge >= 0.3 is 0 Å². The van der Waals surface area contributed by atoms with Crippen LogP contribution in [0, 0.1) is 0 Å². The fraction of sp³-hybridized carbons (Fsp3) is 0. The van der Waals surface area contributed by atoms with E-state index in [-0.39, 0.29) is 0 Å². The normalized spacial score (nSPS) is 11.2. The highest BCUT2D eigenvalue weighted by molar-refractivity contribution is 6.14. The van der Waals surface area contributed by atoms with Crippen molar-refractivity contribution < 1.29 is 0 Å². The van der Waals surface area contributed by atoms with Crippen LogP contribution in [0.3, 0.4) is 0 Å². The second kappa shape index (κ2) is 15.0. The van der Waals surface area contributed by atoms with Gasteiger partial charge in [-0.05, 0) is 138 Å². The third-order valence-electron chi connectivity index (χ3n) is 11.0. The molecule has 0 aromatic heterocycles. The molecule has 10 rings (SSSR count). The number of hydrogen-bond donors (Lipinski definition) is 0. The molecule has 0 bridgehead atoms. The van der Waals surface area contributed by atoms with E-state index in [4.69, 9.17) is 0 Å². The third kappa shape index (κ3) is 6.77. The maximum absolute atomic E-state index is 2.39. The maximum atomic E-state index is 2.39. The maximum Gasteiger partial charge on any atom is 0.0467 e. The molecule has 0 atom stereocenters. The lowest BCUT2D eigenvalue weighted by Crippen LogP contribution is -2.10. The lowest BCUT2D eigenvalue weighted by atomic mass is 9.92. The van der Waals surface area contributed by atoms with Gasteiger partial charge in [-0.15, -0.1) is 0 Å². The van der Waals surface area contributed by atoms with Gasteiger partial charge in [0.2, 0.25) is 0 Å². The average molecular weight is 726 g/mol. The quantitative estimate of drug-likeness (QED) is 0.141. The molecule has 0 saturated heterocycles. The third-order valence-corrected chi connectivity index (χ3v) is 11.0. The van der Waals surface area contributed by atoms with E-state index in [9.17, 15) is 0 Å². The SMILES string of the molecule is c1ccc(-c2ccc(N(c3cccc(-c4cc(-c5ccccc5)cc(-c5ccccc5)c4)c3)c3cccc(-c4cc5ccccc5c5ccccc45)c3)cc2)cc1. The van der Waals surface area contributed by atoms with Gasteiger partial charge in [0.25, 0.3) is 0 Å². The highest BCUT2D eigenvalue weighted by atomic mass is 15.1. The molecule has 57 heavy (non-hydrogen) atoms. The Morgan fingerprint density at radius 3 is 1.23 bits per heavy atom. The highest BCUT2D eigenvalue weighted by Crippen LogP contribution is 2.42. The van der Waals surface area contributed by atoms with E-state index in [0.29, 0.717) is 0 Å². The van der Waals surface area contributed by atoms with E-state index in [1.54, 1.807) is 0 Å². The summed E-state index contributed by atoms with van der Waals surface area (Å²) in [6, 6.07) is 85.7. The first-order valence-electron chi connectivity index (χ1n) is 19.6. The first-order chi connectivity index (χ1) is 28.2. The predicted molar refractivity (Wildman–Crippen MR) is 243 cm³/mol. The topological polar surface area (TPSA) is 3.24 Å². The van der Waals surface area contributed by atoms with E-state index in [2.05, 4.69) is 241 Å². The molecule has 0 amide bonds. The van der Waals surface area contributed by atoms with Gasteiger partial charge < -0.3 is 4.90 Å². The minimum Gasteiger partial charge on any atom is -0.310 e. The van der Waals surface area contributed by atoms with Crippen LogP contribution >= 0.6 is 0 Å². The van der Waals surface area contributed by atoms with Gasteiger partial charge in [0, 0.05) is 17.1 Å². The molecule has 10 aromatic rings. The van der Waals surface area contributed by atoms with E-state index in [1.165, 1.54) is 71.6 Å². The van der Waals surface area contributed by atoms with Gasteiger partial charge in [0.05, 0.1) is 0 Å². The summed E-state index contributed by atoms with van der Waals surface area (Å²) >= 11 is 0. The van der Waals surface area contributed by atoms with Crippen molar-refractivity contribution >= 4 is 38.6 Å². The molecule has 0 heterocycles. The van der Waals surface area contributed by atoms with Crippen LogP contribution in [0.1, 0.15) is 0 Å². The molecule has 0 aliphatic carbocycles. The fourth-order valence-electron chi connectivity index (χ4n) is 8.20. The molecule has 0 radical (unpaired) electrons. The molecular weight excluding hydrogens is 687 g/mol. The molecule has 0 aliphatic heterocycles. The van der Waals surface area contributed by atoms with Gasteiger partial charge in [-0.25, -0.2) is 0 Å². The summed E-state index contributed by atoms with van der Waals surface area (Å²) < 4.78 is 0. The lowest BCUT2D eigenvalue weighted by Gasteiger charge is -2.27. The largest absolute Gasteiger partial charge is 0.310 e. The number of rotatable bonds is 8. The van der Waals surface area contributed by atoms with Crippen molar-refractivity contribution in [2.24, 2.45) is 0 Å². The Kier molecular flexibility index (Phi) is 8.95. The van der Waals surface area contributed by atoms with E-state index in [0.717, 1.165) is 22.6 Å². The molecular formula is C56H39N. The zero-order valence-corrected chi connectivity index (χ0v) is 31.5. The first kappa shape index (κ1) is 34.0. The molecule has 0 unspecified atom stereocenters. The molecule has 268 valence electrons. The summed E-state index contributed by atoms with van der Waals surface area (Å²) in [7, 11) is 0. The minimum atomic E-state index is 1.09. The number of benzene rings is 10. The van der Waals surface area contributed by atoms with Crippen molar-refractivity contribution in [1.29, 1.82) is 0 Å². The van der Waals surface area contributed by atoms with Gasteiger partial charge in [-0.2, -0.15) is 0 Å². The van der Waals surface area contributed by atoms with Crippen LogP contribution in [0.15, 0.2) is 237 Å². The lowest BCUT2D eigenvalue weighted by molar-refractivity contribution is 1.28. The van der Waals surface area contributed by atoms with Gasteiger partial charge in [0.1, 0.15) is 0 Å². The van der Waals surface area contributed by atoms with Crippen LogP contribution in [0.2, 0.25) is 0 Å². The van der Waals surface area contributed by atoms with Gasteiger partial charge in [-0.3, -0.25) is 0 Å². The highest BCUT2D eigenvalue weighted by Gasteiger charge is 2.17. The standard InChI is InChI=1S/C56H39N/c1-4-16-40(17-5-1)43-30-32-50(33-31-43)57(52-26-15-24-45(38-52)56-39-46-22-10-11-27-53(46)54-28-12-13-29-55(54)56)51-25-14-23-44(37-51)49-35-47(41-18-6-2-7-19-41)34-48(36-49)42-20-8-3-9-21-42/h1-39H. The van der Waals surface area contributed by atoms with Crippen LogP contribution in [0.5, 0.6) is 0 Å². The Bertz CT molecular complexity index is 2930. The second-order valence-corrected chi connectivity index (χ2v) is 14.6. The Morgan fingerprint density at radius 2 is 0.632 bits per heavy atom. The predicted octanol–water partition coefficient (Wildman–Crippen LogP) is 15.8. The average Bonchev–Trinajstić information content (AvgIpc) is 3.30. The fourth-order valence-corrected chi connectivity index (χ4v) is 8.20. The Hall–Kier alpha value is -7.48. The van der Waals surface area contributed by atoms with Crippen molar-refractivity contribution in [3.63, 3.8) is 0 Å². The summed E-state index contributed by atoms with van der Waals surface area (Å²) in [5.74, 6) is 0. The summed E-state index contributed by atoms with van der Waals surface area (Å²) in [4.78, 5) is 2.39. The van der Waals surface area contributed by atoms with E-state index in [1.807, 2.05) is 0 Å². The molecule has 10 aromatic carbocycles. The van der Waals surface area contributed by atoms with Gasteiger partial charge in [0.15, 0.2) is 0 Å². The summed E-state index contributed by atoms with van der Waals surface area (Å²) in [5, 5.41) is 5.04. The zero-order valence-electron chi connectivity index (χ0n) is 31.5. The smallest absolute Gasteiger partial charge is 0.0467 e. The Labute approximate surface area is 334 Å². The molecule has 1 nitrogen and oxygen atoms in total. The van der Waals surface area contributed by atoms with Crippen LogP contribution in [0.25, 0.3) is 77.2 Å². The minimum absolute atomic E-state index is 1.09. The molecule has 1 heteroatoms. The van der Waals surface area contributed by atoms with Crippen LogP contribution in [-0.4, -0.2) is 0 Å². The summed E-state index contributed by atoms with van der Waals surface area (Å²) in [5.41, 5.74) is 15.2. The van der Waals surface area contributed by atoms with Crippen molar-refractivity contribution in [2.45, 2.75) is 0 Å². The Morgan fingerprint density at radius 1 is 0.211 bits per heavy atom. The van der Waals surface area contributed by atoms with Crippen molar-refractivity contribution in [3.8, 4) is 55.6 Å². The molecule has 0 fully saturated rings. The number of fused-ring (bicyclic) bond motifs is 3. The molecule has 0 N–H and O–H groups in total. The molecule has 0 aliphatic rings. The van der Waals surface area contributed by atoms with Crippen molar-refractivity contribution in [2.75, 3.05) is 4.90 Å². The summed E-state index contributed by atoms with van der Waals surface area (Å²) in [6.45, 7) is 0. The van der Waals surface area contributed by atoms with Crippen LogP contribution in [0.4, 0.5) is 17.1 Å². The van der Waals surface area contributed by atoms with Crippen molar-refractivity contribution in [3.05, 3.63) is 237 Å². The second-order valence-electron chi connectivity index (χ2n) is 14.6. The number of anilines is 3.